The molecule has 0 saturated heterocycles. The molecule has 1 rings (SSSR count). The summed E-state index contributed by atoms with van der Waals surface area (Å²) in [6, 6.07) is 0.00439. The first-order valence-corrected chi connectivity index (χ1v) is 6.08. The number of halogens is 6. The minimum absolute atomic E-state index is 0.198. The van der Waals surface area contributed by atoms with Crippen LogP contribution in [-0.2, 0) is 11.8 Å². The highest BCUT2D eigenvalue weighted by Crippen LogP contribution is 2.44. The number of alkyl halides is 6. The van der Waals surface area contributed by atoms with E-state index in [-0.39, 0.29) is 12.0 Å². The van der Waals surface area contributed by atoms with Gasteiger partial charge in [-0.15, -0.1) is 0 Å². The Hall–Kier alpha value is -1.28. The fraction of sp³-hybridized carbons (Fsp3) is 0.538. The Morgan fingerprint density at radius 2 is 1.67 bits per heavy atom. The van der Waals surface area contributed by atoms with E-state index in [9.17, 15) is 31.4 Å². The topological polar surface area (TPSA) is 46.2 Å². The third-order valence-electron chi connectivity index (χ3n) is 3.37. The van der Waals surface area contributed by atoms with Crippen molar-refractivity contribution in [3.05, 3.63) is 34.9 Å². The van der Waals surface area contributed by atoms with E-state index in [0.717, 1.165) is 6.92 Å². The number of rotatable bonds is 3. The van der Waals surface area contributed by atoms with Crippen molar-refractivity contribution in [1.82, 2.24) is 0 Å². The maximum absolute atomic E-state index is 13.2. The van der Waals surface area contributed by atoms with Crippen molar-refractivity contribution in [3.63, 3.8) is 0 Å². The molecule has 0 aromatic heterocycles. The number of hydrogen-bond donors (Lipinski definition) is 2. The molecule has 0 saturated carbocycles. The van der Waals surface area contributed by atoms with Crippen molar-refractivity contribution >= 4 is 0 Å². The summed E-state index contributed by atoms with van der Waals surface area (Å²) >= 11 is 0. The molecule has 120 valence electrons. The van der Waals surface area contributed by atoms with Crippen molar-refractivity contribution in [3.8, 4) is 0 Å². The van der Waals surface area contributed by atoms with Gasteiger partial charge >= 0.3 is 12.4 Å². The van der Waals surface area contributed by atoms with Crippen molar-refractivity contribution in [2.75, 3.05) is 0 Å². The van der Waals surface area contributed by atoms with Crippen LogP contribution in [0.5, 0.6) is 0 Å². The van der Waals surface area contributed by atoms with Crippen molar-refractivity contribution in [1.29, 1.82) is 0 Å². The van der Waals surface area contributed by atoms with Crippen molar-refractivity contribution < 1.29 is 31.4 Å². The van der Waals surface area contributed by atoms with Crippen LogP contribution in [0.15, 0.2) is 18.2 Å². The highest BCUT2D eigenvalue weighted by atomic mass is 19.4. The van der Waals surface area contributed by atoms with E-state index in [1.54, 1.807) is 0 Å². The Bertz CT molecular complexity index is 510. The van der Waals surface area contributed by atoms with Gasteiger partial charge in [0.15, 0.2) is 0 Å². The molecule has 21 heavy (non-hydrogen) atoms. The number of benzene rings is 1. The first-order chi connectivity index (χ1) is 9.35. The molecule has 0 fully saturated rings. The summed E-state index contributed by atoms with van der Waals surface area (Å²) in [6.45, 7) is 2.42. The first kappa shape index (κ1) is 17.8. The molecule has 0 bridgehead atoms. The Morgan fingerprint density at radius 3 is 2.00 bits per heavy atom. The SMILES string of the molecule is CCC(N)C(O)(c1ccc(C(F)(F)F)cc1C)C(F)(F)F. The average Bonchev–Trinajstić information content (AvgIpc) is 2.34. The Morgan fingerprint density at radius 1 is 1.14 bits per heavy atom. The molecule has 1 aromatic carbocycles. The van der Waals surface area contributed by atoms with Gasteiger partial charge in [0, 0.05) is 6.04 Å². The zero-order valence-electron chi connectivity index (χ0n) is 11.3. The normalized spacial score (nSPS) is 17.4. The lowest BCUT2D eigenvalue weighted by Crippen LogP contribution is -2.55. The van der Waals surface area contributed by atoms with Crippen LogP contribution < -0.4 is 5.73 Å². The van der Waals surface area contributed by atoms with Gasteiger partial charge in [-0.3, -0.25) is 0 Å². The van der Waals surface area contributed by atoms with Gasteiger partial charge in [-0.2, -0.15) is 26.3 Å². The van der Waals surface area contributed by atoms with Gasteiger partial charge in [0.1, 0.15) is 0 Å². The number of aliphatic hydroxyl groups is 1. The van der Waals surface area contributed by atoms with Crippen LogP contribution in [0.3, 0.4) is 0 Å². The monoisotopic (exact) mass is 315 g/mol. The second-order valence-electron chi connectivity index (χ2n) is 4.81. The summed E-state index contributed by atoms with van der Waals surface area (Å²) < 4.78 is 77.2. The third kappa shape index (κ3) is 3.16. The molecule has 0 spiro atoms. The second-order valence-corrected chi connectivity index (χ2v) is 4.81. The van der Waals surface area contributed by atoms with Crippen LogP contribution in [0.2, 0.25) is 0 Å². The molecule has 0 aliphatic carbocycles. The molecule has 2 nitrogen and oxygen atoms in total. The lowest BCUT2D eigenvalue weighted by Gasteiger charge is -2.36. The molecule has 2 atom stereocenters. The second kappa shape index (κ2) is 5.49. The van der Waals surface area contributed by atoms with Crippen LogP contribution in [0.25, 0.3) is 0 Å². The molecule has 0 aliphatic rings. The van der Waals surface area contributed by atoms with Crippen LogP contribution in [-0.4, -0.2) is 17.3 Å². The highest BCUT2D eigenvalue weighted by Gasteiger charge is 2.58. The lowest BCUT2D eigenvalue weighted by molar-refractivity contribution is -0.275. The van der Waals surface area contributed by atoms with Gasteiger partial charge in [-0.05, 0) is 36.6 Å². The predicted octanol–water partition coefficient (Wildman–Crippen LogP) is 3.50. The van der Waals surface area contributed by atoms with E-state index in [1.807, 2.05) is 0 Å². The number of hydrogen-bond acceptors (Lipinski definition) is 2. The molecular formula is C13H15F6NO. The Labute approximate surface area is 117 Å². The summed E-state index contributed by atoms with van der Waals surface area (Å²) in [5.74, 6) is 0. The van der Waals surface area contributed by atoms with Gasteiger partial charge in [0.25, 0.3) is 0 Å². The predicted molar refractivity (Wildman–Crippen MR) is 64.4 cm³/mol. The molecule has 0 heterocycles. The van der Waals surface area contributed by atoms with Gasteiger partial charge in [-0.25, -0.2) is 0 Å². The molecule has 0 aliphatic heterocycles. The van der Waals surface area contributed by atoms with E-state index < -0.39 is 35.1 Å². The maximum Gasteiger partial charge on any atom is 0.423 e. The van der Waals surface area contributed by atoms with Crippen LogP contribution in [0.4, 0.5) is 26.3 Å². The molecule has 8 heteroatoms. The number of nitrogens with two attached hydrogens (primary N) is 1. The number of aryl methyl sites for hydroxylation is 1. The molecule has 1 aromatic rings. The third-order valence-corrected chi connectivity index (χ3v) is 3.37. The van der Waals surface area contributed by atoms with E-state index in [4.69, 9.17) is 5.73 Å². The van der Waals surface area contributed by atoms with Gasteiger partial charge in [0.2, 0.25) is 5.60 Å². The molecule has 0 radical (unpaired) electrons. The highest BCUT2D eigenvalue weighted by molar-refractivity contribution is 5.38. The summed E-state index contributed by atoms with van der Waals surface area (Å²) in [6.07, 6.45) is -9.98. The fourth-order valence-corrected chi connectivity index (χ4v) is 2.13. The Balaban J connectivity index is 3.48. The minimum Gasteiger partial charge on any atom is -0.375 e. The molecule has 0 amide bonds. The van der Waals surface area contributed by atoms with Crippen molar-refractivity contribution in [2.24, 2.45) is 5.73 Å². The largest absolute Gasteiger partial charge is 0.423 e. The van der Waals surface area contributed by atoms with E-state index in [1.165, 1.54) is 6.92 Å². The molecular weight excluding hydrogens is 300 g/mol. The van der Waals surface area contributed by atoms with Crippen LogP contribution in [0.1, 0.15) is 30.0 Å². The van der Waals surface area contributed by atoms with Crippen LogP contribution >= 0.6 is 0 Å². The standard InChI is InChI=1S/C13H15F6NO/c1-3-10(20)11(21,13(17,18)19)9-5-4-8(6-7(9)2)12(14,15)16/h4-6,10,21H,3,20H2,1-2H3. The van der Waals surface area contributed by atoms with E-state index in [2.05, 4.69) is 0 Å². The smallest absolute Gasteiger partial charge is 0.375 e. The summed E-state index contributed by atoms with van der Waals surface area (Å²) in [5.41, 5.74) is -0.102. The Kier molecular flexibility index (Phi) is 4.65. The van der Waals surface area contributed by atoms with Crippen LogP contribution in [0, 0.1) is 6.92 Å². The fourth-order valence-electron chi connectivity index (χ4n) is 2.13. The quantitative estimate of drug-likeness (QED) is 0.839. The van der Waals surface area contributed by atoms with Gasteiger partial charge in [0.05, 0.1) is 5.56 Å². The van der Waals surface area contributed by atoms with E-state index in [0.29, 0.717) is 18.2 Å². The van der Waals surface area contributed by atoms with Gasteiger partial charge < -0.3 is 10.8 Å². The minimum atomic E-state index is -5.10. The average molecular weight is 315 g/mol. The summed E-state index contributed by atoms with van der Waals surface area (Å²) in [5, 5.41) is 10.0. The van der Waals surface area contributed by atoms with Gasteiger partial charge in [-0.1, -0.05) is 13.0 Å². The molecule has 3 N–H and O–H groups in total. The zero-order chi connectivity index (χ0) is 16.6. The lowest BCUT2D eigenvalue weighted by atomic mass is 9.82. The summed E-state index contributed by atoms with van der Waals surface area (Å²) in [4.78, 5) is 0. The van der Waals surface area contributed by atoms with E-state index >= 15 is 0 Å². The summed E-state index contributed by atoms with van der Waals surface area (Å²) in [7, 11) is 0. The zero-order valence-corrected chi connectivity index (χ0v) is 11.3. The maximum atomic E-state index is 13.2. The first-order valence-electron chi connectivity index (χ1n) is 6.08. The van der Waals surface area contributed by atoms with Crippen molar-refractivity contribution in [2.45, 2.75) is 44.3 Å². The molecule has 2 unspecified atom stereocenters.